The molecule has 0 atom stereocenters. The van der Waals surface area contributed by atoms with Crippen molar-refractivity contribution in [3.05, 3.63) is 65.7 Å². The Balaban J connectivity index is 1.53. The molecule has 1 aliphatic rings. The minimum Gasteiger partial charge on any atom is -0.451 e. The average Bonchev–Trinajstić information content (AvgIpc) is 2.72. The van der Waals surface area contributed by atoms with Crippen LogP contribution in [0.2, 0.25) is 0 Å². The summed E-state index contributed by atoms with van der Waals surface area (Å²) in [6.45, 7) is 1.94. The summed E-state index contributed by atoms with van der Waals surface area (Å²) in [5.41, 5.74) is 2.79. The third kappa shape index (κ3) is 5.03. The molecule has 7 nitrogen and oxygen atoms in total. The lowest BCUT2D eigenvalue weighted by molar-refractivity contribution is -0.142. The van der Waals surface area contributed by atoms with E-state index in [-0.39, 0.29) is 24.5 Å². The molecule has 2 aromatic rings. The van der Waals surface area contributed by atoms with Crippen molar-refractivity contribution < 1.29 is 19.1 Å². The Labute approximate surface area is 163 Å². The number of nitrogens with zero attached hydrogens (tertiary/aromatic N) is 2. The van der Waals surface area contributed by atoms with Gasteiger partial charge in [-0.05, 0) is 24.6 Å². The van der Waals surface area contributed by atoms with Crippen molar-refractivity contribution >= 4 is 29.2 Å². The van der Waals surface area contributed by atoms with Gasteiger partial charge in [0.15, 0.2) is 6.61 Å². The van der Waals surface area contributed by atoms with E-state index in [1.165, 1.54) is 5.01 Å². The third-order valence-electron chi connectivity index (χ3n) is 4.21. The van der Waals surface area contributed by atoms with Crippen LogP contribution < -0.4 is 10.3 Å². The lowest BCUT2D eigenvalue weighted by Crippen LogP contribution is -2.36. The number of esters is 1. The highest BCUT2D eigenvalue weighted by atomic mass is 16.5. The van der Waals surface area contributed by atoms with Crippen molar-refractivity contribution in [2.24, 2.45) is 5.10 Å². The highest BCUT2D eigenvalue weighted by Crippen LogP contribution is 2.19. The number of aryl methyl sites for hydroxylation is 1. The maximum atomic E-state index is 12.2. The first-order chi connectivity index (χ1) is 13.5. The number of nitrogens with one attached hydrogen (secondary N) is 1. The van der Waals surface area contributed by atoms with Crippen LogP contribution in [0.3, 0.4) is 0 Å². The van der Waals surface area contributed by atoms with Crippen LogP contribution in [0.1, 0.15) is 24.0 Å². The minimum atomic E-state index is -0.695. The fourth-order valence-electron chi connectivity index (χ4n) is 2.64. The summed E-state index contributed by atoms with van der Waals surface area (Å²) in [5, 5.41) is 8.00. The molecule has 2 amide bonds. The number of ether oxygens (including phenoxy) is 1. The summed E-state index contributed by atoms with van der Waals surface area (Å²) < 4.78 is 5.05. The van der Waals surface area contributed by atoms with Gasteiger partial charge in [0.25, 0.3) is 5.91 Å². The number of benzene rings is 2. The molecule has 0 aromatic heterocycles. The second kappa shape index (κ2) is 8.94. The summed E-state index contributed by atoms with van der Waals surface area (Å²) in [6, 6.07) is 16.6. The van der Waals surface area contributed by atoms with Gasteiger partial charge >= 0.3 is 5.97 Å². The molecule has 0 aliphatic carbocycles. The largest absolute Gasteiger partial charge is 0.451 e. The van der Waals surface area contributed by atoms with Crippen molar-refractivity contribution in [1.29, 1.82) is 0 Å². The Bertz CT molecular complexity index is 892. The predicted octanol–water partition coefficient (Wildman–Crippen LogP) is 2.34. The van der Waals surface area contributed by atoms with Gasteiger partial charge in [0.05, 0.1) is 5.69 Å². The first kappa shape index (κ1) is 19.3. The summed E-state index contributed by atoms with van der Waals surface area (Å²) >= 11 is 0. The van der Waals surface area contributed by atoms with E-state index in [1.807, 2.05) is 37.3 Å². The molecule has 0 saturated carbocycles. The number of carbonyl (C=O) groups excluding carboxylic acids is 3. The van der Waals surface area contributed by atoms with Crippen LogP contribution >= 0.6 is 0 Å². The van der Waals surface area contributed by atoms with Crippen molar-refractivity contribution in [2.45, 2.75) is 26.3 Å². The van der Waals surface area contributed by atoms with Crippen molar-refractivity contribution in [3.63, 3.8) is 0 Å². The van der Waals surface area contributed by atoms with Gasteiger partial charge in [-0.25, -0.2) is 9.80 Å². The molecule has 1 N–H and O–H groups in total. The van der Waals surface area contributed by atoms with Crippen LogP contribution in [0, 0.1) is 6.92 Å². The molecule has 144 valence electrons. The Hall–Kier alpha value is -3.48. The molecule has 7 heteroatoms. The van der Waals surface area contributed by atoms with Gasteiger partial charge in [-0.15, -0.1) is 0 Å². The van der Waals surface area contributed by atoms with Gasteiger partial charge in [0.2, 0.25) is 5.91 Å². The molecule has 0 saturated heterocycles. The van der Waals surface area contributed by atoms with E-state index in [9.17, 15) is 14.4 Å². The average molecular weight is 379 g/mol. The van der Waals surface area contributed by atoms with E-state index in [2.05, 4.69) is 10.4 Å². The number of rotatable bonds is 6. The topological polar surface area (TPSA) is 88.1 Å². The van der Waals surface area contributed by atoms with Gasteiger partial charge in [-0.2, -0.15) is 5.10 Å². The smallest absolute Gasteiger partial charge is 0.355 e. The van der Waals surface area contributed by atoms with Gasteiger partial charge in [-0.1, -0.05) is 48.0 Å². The van der Waals surface area contributed by atoms with E-state index < -0.39 is 18.5 Å². The van der Waals surface area contributed by atoms with Crippen LogP contribution in [-0.4, -0.2) is 30.1 Å². The summed E-state index contributed by atoms with van der Waals surface area (Å²) in [6.07, 6.45) is 0.342. The van der Waals surface area contributed by atoms with Crippen LogP contribution in [-0.2, 0) is 25.7 Å². The SMILES string of the molecule is Cc1ccc(CNC(=O)COC(=O)C2=NN(c3ccccc3)C(=O)CC2)cc1. The van der Waals surface area contributed by atoms with Crippen molar-refractivity contribution in [3.8, 4) is 0 Å². The van der Waals surface area contributed by atoms with Crippen LogP contribution in [0.5, 0.6) is 0 Å². The molecule has 0 unspecified atom stereocenters. The summed E-state index contributed by atoms with van der Waals surface area (Å²) in [7, 11) is 0. The first-order valence-corrected chi connectivity index (χ1v) is 8.98. The zero-order valence-corrected chi connectivity index (χ0v) is 15.6. The van der Waals surface area contributed by atoms with Crippen molar-refractivity contribution in [1.82, 2.24) is 5.32 Å². The number of amides is 2. The molecule has 28 heavy (non-hydrogen) atoms. The quantitative estimate of drug-likeness (QED) is 0.781. The summed E-state index contributed by atoms with van der Waals surface area (Å²) in [5.74, 6) is -1.29. The number of hydrazone groups is 1. The van der Waals surface area contributed by atoms with Crippen molar-refractivity contribution in [2.75, 3.05) is 11.6 Å². The number of anilines is 1. The Morgan fingerprint density at radius 3 is 2.50 bits per heavy atom. The number of hydrogen-bond donors (Lipinski definition) is 1. The normalized spacial score (nSPS) is 13.7. The van der Waals surface area contributed by atoms with E-state index in [0.717, 1.165) is 11.1 Å². The molecule has 1 aliphatic heterocycles. The molecular weight excluding hydrogens is 358 g/mol. The molecule has 0 spiro atoms. The highest BCUT2D eigenvalue weighted by Gasteiger charge is 2.26. The monoisotopic (exact) mass is 379 g/mol. The second-order valence-corrected chi connectivity index (χ2v) is 6.43. The maximum absolute atomic E-state index is 12.2. The lowest BCUT2D eigenvalue weighted by atomic mass is 10.1. The van der Waals surface area contributed by atoms with Gasteiger partial charge in [0, 0.05) is 19.4 Å². The van der Waals surface area contributed by atoms with Gasteiger partial charge < -0.3 is 10.1 Å². The third-order valence-corrected chi connectivity index (χ3v) is 4.21. The molecule has 0 bridgehead atoms. The summed E-state index contributed by atoms with van der Waals surface area (Å²) in [4.78, 5) is 36.2. The van der Waals surface area contributed by atoms with E-state index >= 15 is 0 Å². The Kier molecular flexibility index (Phi) is 6.16. The molecule has 0 radical (unpaired) electrons. The zero-order valence-electron chi connectivity index (χ0n) is 15.6. The first-order valence-electron chi connectivity index (χ1n) is 8.98. The number of hydrogen-bond acceptors (Lipinski definition) is 5. The molecule has 3 rings (SSSR count). The van der Waals surface area contributed by atoms with Crippen LogP contribution in [0.4, 0.5) is 5.69 Å². The van der Waals surface area contributed by atoms with Crippen LogP contribution in [0.15, 0.2) is 59.7 Å². The van der Waals surface area contributed by atoms with E-state index in [1.54, 1.807) is 24.3 Å². The maximum Gasteiger partial charge on any atom is 0.355 e. The van der Waals surface area contributed by atoms with E-state index in [0.29, 0.717) is 12.2 Å². The van der Waals surface area contributed by atoms with Gasteiger partial charge in [-0.3, -0.25) is 9.59 Å². The molecular formula is C21H21N3O4. The highest BCUT2D eigenvalue weighted by molar-refractivity contribution is 6.38. The lowest BCUT2D eigenvalue weighted by Gasteiger charge is -2.22. The predicted molar refractivity (Wildman–Crippen MR) is 105 cm³/mol. The Morgan fingerprint density at radius 1 is 1.07 bits per heavy atom. The minimum absolute atomic E-state index is 0.120. The fraction of sp³-hybridized carbons (Fsp3) is 0.238. The van der Waals surface area contributed by atoms with Crippen LogP contribution in [0.25, 0.3) is 0 Å². The van der Waals surface area contributed by atoms with E-state index in [4.69, 9.17) is 4.74 Å². The van der Waals surface area contributed by atoms with Gasteiger partial charge in [0.1, 0.15) is 5.71 Å². The second-order valence-electron chi connectivity index (χ2n) is 6.43. The molecule has 1 heterocycles. The number of carbonyl (C=O) groups is 3. The Morgan fingerprint density at radius 2 is 1.79 bits per heavy atom. The zero-order chi connectivity index (χ0) is 19.9. The standard InChI is InChI=1S/C21H21N3O4/c1-15-7-9-16(10-8-15)13-22-19(25)14-28-21(27)18-11-12-20(26)24(23-18)17-5-3-2-4-6-17/h2-10H,11-14H2,1H3,(H,22,25). The molecule has 0 fully saturated rings. The fourth-order valence-corrected chi connectivity index (χ4v) is 2.64. The molecule has 2 aromatic carbocycles. The number of para-hydroxylation sites is 1.